The van der Waals surface area contributed by atoms with Crippen LogP contribution in [0.5, 0.6) is 0 Å². The Morgan fingerprint density at radius 3 is 2.94 bits per heavy atom. The van der Waals surface area contributed by atoms with Crippen LogP contribution in [0.25, 0.3) is 0 Å². The predicted octanol–water partition coefficient (Wildman–Crippen LogP) is 1.77. The summed E-state index contributed by atoms with van der Waals surface area (Å²) in [5.41, 5.74) is 0. The van der Waals surface area contributed by atoms with Crippen LogP contribution in [0.1, 0.15) is 46.0 Å². The van der Waals surface area contributed by atoms with Gasteiger partial charge in [-0.15, -0.1) is 0 Å². The van der Waals surface area contributed by atoms with Crippen molar-refractivity contribution >= 4 is 11.8 Å². The molecule has 1 saturated carbocycles. The summed E-state index contributed by atoms with van der Waals surface area (Å²) in [7, 11) is 0. The summed E-state index contributed by atoms with van der Waals surface area (Å²) < 4.78 is 5.09. The number of fused-ring (bicyclic) bond motifs is 1. The molecule has 0 aromatic rings. The lowest BCUT2D eigenvalue weighted by Gasteiger charge is -2.30. The van der Waals surface area contributed by atoms with E-state index < -0.39 is 0 Å². The molecule has 0 aromatic carbocycles. The van der Waals surface area contributed by atoms with Gasteiger partial charge in [-0.25, -0.2) is 0 Å². The number of ketones is 1. The number of Topliss-reactive ketones (excluding diaryl/α,β-unsaturated/α-hetero) is 1. The molecule has 0 unspecified atom stereocenters. The quantitative estimate of drug-likeness (QED) is 0.719. The Bertz CT molecular complexity index is 329. The van der Waals surface area contributed by atoms with Crippen LogP contribution >= 0.6 is 0 Å². The van der Waals surface area contributed by atoms with Gasteiger partial charge in [0, 0.05) is 24.9 Å². The largest absolute Gasteiger partial charge is 0.465 e. The predicted molar refractivity (Wildman–Crippen MR) is 68.2 cm³/mol. The van der Waals surface area contributed by atoms with Gasteiger partial charge in [-0.05, 0) is 33.1 Å². The third-order valence-electron chi connectivity index (χ3n) is 4.30. The number of nitrogens with zero attached hydrogens (tertiary/aromatic N) is 1. The molecule has 4 nitrogen and oxygen atoms in total. The van der Waals surface area contributed by atoms with E-state index in [2.05, 4.69) is 4.90 Å². The van der Waals surface area contributed by atoms with E-state index in [1.807, 2.05) is 13.8 Å². The molecule has 1 heterocycles. The highest BCUT2D eigenvalue weighted by Gasteiger charge is 2.42. The lowest BCUT2D eigenvalue weighted by atomic mass is 9.94. The first kappa shape index (κ1) is 13.5. The van der Waals surface area contributed by atoms with E-state index in [4.69, 9.17) is 4.74 Å². The molecule has 1 aliphatic carbocycles. The normalized spacial score (nSPS) is 30.7. The molecule has 2 aliphatic rings. The molecule has 2 fully saturated rings. The lowest BCUT2D eigenvalue weighted by molar-refractivity contribution is -0.149. The molecule has 0 radical (unpaired) electrons. The van der Waals surface area contributed by atoms with E-state index in [0.29, 0.717) is 12.4 Å². The van der Waals surface area contributed by atoms with Gasteiger partial charge in [0.15, 0.2) is 0 Å². The van der Waals surface area contributed by atoms with Crippen LogP contribution in [0.3, 0.4) is 0 Å². The Balaban J connectivity index is 2.06. The maximum atomic E-state index is 12.0. The van der Waals surface area contributed by atoms with Crippen LogP contribution < -0.4 is 0 Å². The fraction of sp³-hybridized carbons (Fsp3) is 0.857. The van der Waals surface area contributed by atoms with E-state index in [1.165, 1.54) is 0 Å². The monoisotopic (exact) mass is 253 g/mol. The summed E-state index contributed by atoms with van der Waals surface area (Å²) in [5, 5.41) is 0. The van der Waals surface area contributed by atoms with Crippen LogP contribution in [0.15, 0.2) is 0 Å². The molecule has 0 N–H and O–H groups in total. The topological polar surface area (TPSA) is 46.6 Å². The highest BCUT2D eigenvalue weighted by atomic mass is 16.5. The zero-order valence-electron chi connectivity index (χ0n) is 11.4. The summed E-state index contributed by atoms with van der Waals surface area (Å²) in [5.74, 6) is 0.398. The summed E-state index contributed by atoms with van der Waals surface area (Å²) in [4.78, 5) is 26.0. The van der Waals surface area contributed by atoms with Gasteiger partial charge in [0.2, 0.25) is 0 Å². The number of likely N-dealkylation sites (tertiary alicyclic amines) is 1. The van der Waals surface area contributed by atoms with Crippen molar-refractivity contribution in [3.63, 3.8) is 0 Å². The van der Waals surface area contributed by atoms with E-state index in [9.17, 15) is 9.59 Å². The minimum absolute atomic E-state index is 0.157. The van der Waals surface area contributed by atoms with Gasteiger partial charge >= 0.3 is 5.97 Å². The second-order valence-corrected chi connectivity index (χ2v) is 5.34. The number of hydrogen-bond acceptors (Lipinski definition) is 4. The summed E-state index contributed by atoms with van der Waals surface area (Å²) in [6.45, 7) is 4.99. The Morgan fingerprint density at radius 2 is 2.22 bits per heavy atom. The first-order valence-corrected chi connectivity index (χ1v) is 7.10. The molecule has 18 heavy (non-hydrogen) atoms. The molecule has 0 spiro atoms. The fourth-order valence-electron chi connectivity index (χ4n) is 3.34. The first-order chi connectivity index (χ1) is 8.65. The maximum absolute atomic E-state index is 12.0. The SMILES string of the molecule is CCOC(=O)[C@@H](C)N1CC[C@H]2C(=O)CCCC[C@@H]21. The molecular formula is C14H23NO3. The number of ether oxygens (including phenoxy) is 1. The van der Waals surface area contributed by atoms with Crippen LogP contribution in [-0.4, -0.2) is 41.9 Å². The third kappa shape index (κ3) is 2.58. The smallest absolute Gasteiger partial charge is 0.323 e. The molecular weight excluding hydrogens is 230 g/mol. The Labute approximate surface area is 109 Å². The summed E-state index contributed by atoms with van der Waals surface area (Å²) >= 11 is 0. The Morgan fingerprint density at radius 1 is 1.44 bits per heavy atom. The minimum atomic E-state index is -0.217. The van der Waals surface area contributed by atoms with Gasteiger partial charge < -0.3 is 4.74 Å². The van der Waals surface area contributed by atoms with Gasteiger partial charge in [-0.2, -0.15) is 0 Å². The molecule has 0 aromatic heterocycles. The zero-order valence-corrected chi connectivity index (χ0v) is 11.4. The summed E-state index contributed by atoms with van der Waals surface area (Å²) in [6.07, 6.45) is 4.78. The van der Waals surface area contributed by atoms with E-state index in [0.717, 1.165) is 38.6 Å². The van der Waals surface area contributed by atoms with Gasteiger partial charge in [-0.1, -0.05) is 6.42 Å². The maximum Gasteiger partial charge on any atom is 0.323 e. The van der Waals surface area contributed by atoms with Crippen molar-refractivity contribution in [2.45, 2.75) is 58.0 Å². The van der Waals surface area contributed by atoms with Crippen LogP contribution in [0.4, 0.5) is 0 Å². The van der Waals surface area contributed by atoms with E-state index in [-0.39, 0.29) is 24.0 Å². The van der Waals surface area contributed by atoms with Gasteiger partial charge in [0.25, 0.3) is 0 Å². The number of hydrogen-bond donors (Lipinski definition) is 0. The average Bonchev–Trinajstić information content (AvgIpc) is 2.69. The second-order valence-electron chi connectivity index (χ2n) is 5.34. The molecule has 4 heteroatoms. The Hall–Kier alpha value is -0.900. The van der Waals surface area contributed by atoms with Gasteiger partial charge in [0.05, 0.1) is 6.61 Å². The van der Waals surface area contributed by atoms with Crippen molar-refractivity contribution in [2.24, 2.45) is 5.92 Å². The van der Waals surface area contributed by atoms with Crippen molar-refractivity contribution < 1.29 is 14.3 Å². The van der Waals surface area contributed by atoms with Crippen LogP contribution in [0.2, 0.25) is 0 Å². The van der Waals surface area contributed by atoms with Crippen LogP contribution in [-0.2, 0) is 14.3 Å². The standard InChI is InChI=1S/C14H23NO3/c1-3-18-14(17)10(2)15-9-8-11-12(15)6-4-5-7-13(11)16/h10-12H,3-9H2,1-2H3/t10-,11-,12+/m1/s1. The van der Waals surface area contributed by atoms with Crippen LogP contribution in [0, 0.1) is 5.92 Å². The van der Waals surface area contributed by atoms with E-state index >= 15 is 0 Å². The molecule has 0 amide bonds. The number of esters is 1. The minimum Gasteiger partial charge on any atom is -0.465 e. The molecule has 1 saturated heterocycles. The Kier molecular flexibility index (Phi) is 4.38. The van der Waals surface area contributed by atoms with Gasteiger partial charge in [-0.3, -0.25) is 14.5 Å². The third-order valence-corrected chi connectivity index (χ3v) is 4.30. The number of carbonyl (C=O) groups is 2. The van der Waals surface area contributed by atoms with Crippen molar-refractivity contribution in [2.75, 3.05) is 13.2 Å². The van der Waals surface area contributed by atoms with Crippen molar-refractivity contribution in [3.8, 4) is 0 Å². The summed E-state index contributed by atoms with van der Waals surface area (Å²) in [6, 6.07) is 0.0465. The van der Waals surface area contributed by atoms with Gasteiger partial charge in [0.1, 0.15) is 11.8 Å². The number of carbonyl (C=O) groups excluding carboxylic acids is 2. The van der Waals surface area contributed by atoms with Crippen molar-refractivity contribution in [1.29, 1.82) is 0 Å². The molecule has 3 atom stereocenters. The van der Waals surface area contributed by atoms with Crippen molar-refractivity contribution in [3.05, 3.63) is 0 Å². The van der Waals surface area contributed by atoms with Crippen molar-refractivity contribution in [1.82, 2.24) is 4.90 Å². The average molecular weight is 253 g/mol. The van der Waals surface area contributed by atoms with E-state index in [1.54, 1.807) is 0 Å². The highest BCUT2D eigenvalue weighted by molar-refractivity contribution is 5.82. The first-order valence-electron chi connectivity index (χ1n) is 7.10. The number of rotatable bonds is 3. The second kappa shape index (κ2) is 5.83. The lowest BCUT2D eigenvalue weighted by Crippen LogP contribution is -2.45. The molecule has 0 bridgehead atoms. The molecule has 102 valence electrons. The zero-order chi connectivity index (χ0) is 13.1. The fourth-order valence-corrected chi connectivity index (χ4v) is 3.34. The molecule has 2 rings (SSSR count). The highest BCUT2D eigenvalue weighted by Crippen LogP contribution is 2.34. The molecule has 1 aliphatic heterocycles.